The van der Waals surface area contributed by atoms with Crippen molar-refractivity contribution in [2.75, 3.05) is 6.61 Å². The van der Waals surface area contributed by atoms with E-state index in [2.05, 4.69) is 29.8 Å². The molecule has 1 aromatic rings. The molecule has 1 rings (SSSR count). The molecule has 1 unspecified atom stereocenters. The lowest BCUT2D eigenvalue weighted by atomic mass is 10.1. The second-order valence-electron chi connectivity index (χ2n) is 4.00. The average molecular weight is 285 g/mol. The first-order valence-electron chi connectivity index (χ1n) is 5.55. The molecule has 0 bridgehead atoms. The third-order valence-corrected chi connectivity index (χ3v) is 2.90. The Bertz CT molecular complexity index is 350. The van der Waals surface area contributed by atoms with Crippen molar-refractivity contribution in [1.82, 2.24) is 0 Å². The van der Waals surface area contributed by atoms with Crippen molar-refractivity contribution >= 4 is 22.2 Å². The Hall–Kier alpha value is -0.830. The maximum atomic E-state index is 10.8. The lowest BCUT2D eigenvalue weighted by molar-refractivity contribution is 0.111. The molecule has 0 radical (unpaired) electrons. The monoisotopic (exact) mass is 284 g/mol. The normalized spacial score (nSPS) is 12.2. The summed E-state index contributed by atoms with van der Waals surface area (Å²) in [5, 5.41) is 0. The molecule has 3 heteroatoms. The van der Waals surface area contributed by atoms with E-state index in [1.54, 1.807) is 6.07 Å². The van der Waals surface area contributed by atoms with Gasteiger partial charge in [0.2, 0.25) is 0 Å². The Morgan fingerprint density at radius 2 is 2.25 bits per heavy atom. The molecule has 0 aliphatic rings. The molecule has 0 spiro atoms. The highest BCUT2D eigenvalue weighted by atomic mass is 79.9. The lowest BCUT2D eigenvalue weighted by Crippen LogP contribution is -2.09. The second kappa shape index (κ2) is 6.69. The maximum Gasteiger partial charge on any atom is 0.153 e. The second-order valence-corrected chi connectivity index (χ2v) is 4.92. The predicted octanol–water partition coefficient (Wildman–Crippen LogP) is 4.08. The molecule has 0 saturated heterocycles. The molecule has 16 heavy (non-hydrogen) atoms. The summed E-state index contributed by atoms with van der Waals surface area (Å²) in [4.78, 5) is 10.8. The highest BCUT2D eigenvalue weighted by Gasteiger charge is 2.06. The average Bonchev–Trinajstić information content (AvgIpc) is 2.27. The fourth-order valence-corrected chi connectivity index (χ4v) is 1.88. The van der Waals surface area contributed by atoms with Crippen LogP contribution in [0.3, 0.4) is 0 Å². The summed E-state index contributed by atoms with van der Waals surface area (Å²) in [5.41, 5.74) is 0.604. The van der Waals surface area contributed by atoms with Gasteiger partial charge in [-0.05, 0) is 30.5 Å². The molecule has 0 aliphatic carbocycles. The Kier molecular flexibility index (Phi) is 5.53. The van der Waals surface area contributed by atoms with Gasteiger partial charge >= 0.3 is 0 Å². The first kappa shape index (κ1) is 13.2. The Morgan fingerprint density at radius 3 is 2.88 bits per heavy atom. The summed E-state index contributed by atoms with van der Waals surface area (Å²) >= 11 is 3.37. The van der Waals surface area contributed by atoms with Gasteiger partial charge in [0.1, 0.15) is 5.75 Å². The van der Waals surface area contributed by atoms with Crippen LogP contribution in [0.15, 0.2) is 22.7 Å². The molecule has 88 valence electrons. The van der Waals surface area contributed by atoms with Crippen molar-refractivity contribution < 1.29 is 9.53 Å². The summed E-state index contributed by atoms with van der Waals surface area (Å²) in [5.74, 6) is 1.18. The highest BCUT2D eigenvalue weighted by Crippen LogP contribution is 2.23. The van der Waals surface area contributed by atoms with Gasteiger partial charge in [0.05, 0.1) is 12.2 Å². The molecule has 0 amide bonds. The summed E-state index contributed by atoms with van der Waals surface area (Å²) in [6, 6.07) is 5.44. The van der Waals surface area contributed by atoms with Gasteiger partial charge in [-0.3, -0.25) is 4.79 Å². The smallest absolute Gasteiger partial charge is 0.153 e. The van der Waals surface area contributed by atoms with Crippen LogP contribution in [0.4, 0.5) is 0 Å². The van der Waals surface area contributed by atoms with E-state index < -0.39 is 0 Å². The standard InChI is InChI=1S/C13H17BrO2/c1-3-4-10(2)9-16-13-7-12(14)6-5-11(13)8-15/h5-8,10H,3-4,9H2,1-2H3. The first-order valence-corrected chi connectivity index (χ1v) is 6.34. The number of halogens is 1. The van der Waals surface area contributed by atoms with Crippen LogP contribution in [0.25, 0.3) is 0 Å². The Balaban J connectivity index is 2.65. The van der Waals surface area contributed by atoms with Crippen LogP contribution in [0.1, 0.15) is 37.0 Å². The van der Waals surface area contributed by atoms with E-state index in [1.165, 1.54) is 0 Å². The van der Waals surface area contributed by atoms with Crippen molar-refractivity contribution in [1.29, 1.82) is 0 Å². The minimum Gasteiger partial charge on any atom is -0.493 e. The lowest BCUT2D eigenvalue weighted by Gasteiger charge is -2.13. The highest BCUT2D eigenvalue weighted by molar-refractivity contribution is 9.10. The topological polar surface area (TPSA) is 26.3 Å². The number of rotatable bonds is 6. The number of aldehydes is 1. The SMILES string of the molecule is CCCC(C)COc1cc(Br)ccc1C=O. The van der Waals surface area contributed by atoms with Crippen LogP contribution in [0.2, 0.25) is 0 Å². The van der Waals surface area contributed by atoms with Crippen molar-refractivity contribution in [3.05, 3.63) is 28.2 Å². The van der Waals surface area contributed by atoms with E-state index in [4.69, 9.17) is 4.74 Å². The van der Waals surface area contributed by atoms with E-state index in [0.717, 1.165) is 23.6 Å². The van der Waals surface area contributed by atoms with Gasteiger partial charge in [-0.15, -0.1) is 0 Å². The van der Waals surface area contributed by atoms with Gasteiger partial charge in [0, 0.05) is 4.47 Å². The van der Waals surface area contributed by atoms with E-state index in [1.807, 2.05) is 12.1 Å². The molecule has 2 nitrogen and oxygen atoms in total. The fourth-order valence-electron chi connectivity index (χ4n) is 1.54. The molecule has 0 saturated carbocycles. The molecule has 0 aromatic heterocycles. The van der Waals surface area contributed by atoms with Crippen LogP contribution in [0, 0.1) is 5.92 Å². The molecular formula is C13H17BrO2. The zero-order valence-corrected chi connectivity index (χ0v) is 11.3. The third kappa shape index (κ3) is 3.97. The van der Waals surface area contributed by atoms with Crippen LogP contribution < -0.4 is 4.74 Å². The van der Waals surface area contributed by atoms with E-state index >= 15 is 0 Å². The number of carbonyl (C=O) groups excluding carboxylic acids is 1. The van der Waals surface area contributed by atoms with Gasteiger partial charge in [0.15, 0.2) is 6.29 Å². The first-order chi connectivity index (χ1) is 7.67. The number of carbonyl (C=O) groups is 1. The fraction of sp³-hybridized carbons (Fsp3) is 0.462. The Labute approximate surface area is 105 Å². The molecule has 1 aromatic carbocycles. The maximum absolute atomic E-state index is 10.8. The summed E-state index contributed by atoms with van der Waals surface area (Å²) < 4.78 is 6.59. The quantitative estimate of drug-likeness (QED) is 0.736. The van der Waals surface area contributed by atoms with E-state index in [9.17, 15) is 4.79 Å². The molecule has 0 fully saturated rings. The van der Waals surface area contributed by atoms with Gasteiger partial charge < -0.3 is 4.74 Å². The summed E-state index contributed by atoms with van der Waals surface area (Å²) in [6.07, 6.45) is 3.13. The Morgan fingerprint density at radius 1 is 1.50 bits per heavy atom. The molecule has 0 N–H and O–H groups in total. The van der Waals surface area contributed by atoms with Gasteiger partial charge in [-0.25, -0.2) is 0 Å². The van der Waals surface area contributed by atoms with Crippen molar-refractivity contribution in [3.63, 3.8) is 0 Å². The van der Waals surface area contributed by atoms with Gasteiger partial charge in [0.25, 0.3) is 0 Å². The minimum atomic E-state index is 0.517. The van der Waals surface area contributed by atoms with Crippen LogP contribution in [0.5, 0.6) is 5.75 Å². The number of benzene rings is 1. The van der Waals surface area contributed by atoms with Crippen molar-refractivity contribution in [3.8, 4) is 5.75 Å². The minimum absolute atomic E-state index is 0.517. The van der Waals surface area contributed by atoms with E-state index in [-0.39, 0.29) is 0 Å². The predicted molar refractivity (Wildman–Crippen MR) is 69.1 cm³/mol. The third-order valence-electron chi connectivity index (χ3n) is 2.41. The van der Waals surface area contributed by atoms with Crippen molar-refractivity contribution in [2.45, 2.75) is 26.7 Å². The van der Waals surface area contributed by atoms with Gasteiger partial charge in [-0.2, -0.15) is 0 Å². The van der Waals surface area contributed by atoms with E-state index in [0.29, 0.717) is 23.8 Å². The summed E-state index contributed by atoms with van der Waals surface area (Å²) in [6.45, 7) is 4.97. The largest absolute Gasteiger partial charge is 0.493 e. The molecule has 1 atom stereocenters. The van der Waals surface area contributed by atoms with Gasteiger partial charge in [-0.1, -0.05) is 36.2 Å². The van der Waals surface area contributed by atoms with Crippen molar-refractivity contribution in [2.24, 2.45) is 5.92 Å². The molecule has 0 heterocycles. The summed E-state index contributed by atoms with van der Waals surface area (Å²) in [7, 11) is 0. The number of ether oxygens (including phenoxy) is 1. The molecular weight excluding hydrogens is 268 g/mol. The molecule has 0 aliphatic heterocycles. The number of hydrogen-bond acceptors (Lipinski definition) is 2. The van der Waals surface area contributed by atoms with Crippen LogP contribution in [-0.2, 0) is 0 Å². The number of hydrogen-bond donors (Lipinski definition) is 0. The zero-order valence-electron chi connectivity index (χ0n) is 9.70. The van der Waals surface area contributed by atoms with Crippen LogP contribution >= 0.6 is 15.9 Å². The zero-order chi connectivity index (χ0) is 12.0. The van der Waals surface area contributed by atoms with Crippen LogP contribution in [-0.4, -0.2) is 12.9 Å².